The van der Waals surface area contributed by atoms with E-state index in [1.807, 2.05) is 6.92 Å². The lowest BCUT2D eigenvalue weighted by Gasteiger charge is -2.26. The van der Waals surface area contributed by atoms with Crippen molar-refractivity contribution in [1.82, 2.24) is 5.32 Å². The summed E-state index contributed by atoms with van der Waals surface area (Å²) in [6.07, 6.45) is 0.534. The second-order valence-electron chi connectivity index (χ2n) is 5.15. The molecule has 0 spiro atoms. The zero-order valence-corrected chi connectivity index (χ0v) is 11.9. The Labute approximate surface area is 121 Å². The first-order valence-electron chi connectivity index (χ1n) is 6.62. The Morgan fingerprint density at radius 2 is 2.20 bits per heavy atom. The molecule has 3 rings (SSSR count). The van der Waals surface area contributed by atoms with Crippen LogP contribution in [0.25, 0.3) is 0 Å². The van der Waals surface area contributed by atoms with Crippen molar-refractivity contribution in [3.63, 3.8) is 0 Å². The van der Waals surface area contributed by atoms with Crippen LogP contribution in [0.1, 0.15) is 23.6 Å². The van der Waals surface area contributed by atoms with Crippen LogP contribution >= 0.6 is 11.6 Å². The molecule has 0 radical (unpaired) electrons. The van der Waals surface area contributed by atoms with Crippen molar-refractivity contribution in [3.8, 4) is 11.5 Å². The summed E-state index contributed by atoms with van der Waals surface area (Å²) in [6.45, 7) is 3.38. The Balaban J connectivity index is 2.00. The minimum atomic E-state index is -0.772. The van der Waals surface area contributed by atoms with E-state index in [2.05, 4.69) is 5.32 Å². The van der Waals surface area contributed by atoms with Gasteiger partial charge in [-0.25, -0.2) is 0 Å². The smallest absolute Gasteiger partial charge is 0.307 e. The summed E-state index contributed by atoms with van der Waals surface area (Å²) in [5.74, 6) is 0.188. The number of ether oxygens (including phenoxy) is 2. The van der Waals surface area contributed by atoms with Gasteiger partial charge in [0.05, 0.1) is 5.92 Å². The summed E-state index contributed by atoms with van der Waals surface area (Å²) in [7, 11) is 0. The number of fused-ring (bicyclic) bond motifs is 1. The van der Waals surface area contributed by atoms with Crippen molar-refractivity contribution < 1.29 is 19.4 Å². The summed E-state index contributed by atoms with van der Waals surface area (Å²) in [6, 6.07) is 1.70. The molecule has 1 aromatic carbocycles. The Morgan fingerprint density at radius 1 is 1.45 bits per heavy atom. The van der Waals surface area contributed by atoms with Gasteiger partial charge in [-0.3, -0.25) is 4.79 Å². The third-order valence-electron chi connectivity index (χ3n) is 3.90. The highest BCUT2D eigenvalue weighted by atomic mass is 35.5. The van der Waals surface area contributed by atoms with Gasteiger partial charge >= 0.3 is 5.97 Å². The molecule has 20 heavy (non-hydrogen) atoms. The van der Waals surface area contributed by atoms with E-state index in [-0.39, 0.29) is 12.0 Å². The summed E-state index contributed by atoms with van der Waals surface area (Å²) < 4.78 is 11.3. The van der Waals surface area contributed by atoms with Crippen LogP contribution in [0.2, 0.25) is 5.02 Å². The van der Waals surface area contributed by atoms with E-state index in [1.54, 1.807) is 6.07 Å². The van der Waals surface area contributed by atoms with Crippen molar-refractivity contribution in [3.05, 3.63) is 22.2 Å². The molecule has 1 aromatic rings. The number of carbonyl (C=O) groups is 1. The lowest BCUT2D eigenvalue weighted by Crippen LogP contribution is -2.21. The van der Waals surface area contributed by atoms with Crippen molar-refractivity contribution >= 4 is 17.6 Å². The minimum Gasteiger partial charge on any atom is -0.486 e. The molecule has 1 fully saturated rings. The van der Waals surface area contributed by atoms with Crippen molar-refractivity contribution in [2.24, 2.45) is 5.92 Å². The highest BCUT2D eigenvalue weighted by Gasteiger charge is 2.34. The molecule has 0 aliphatic carbocycles. The van der Waals surface area contributed by atoms with Gasteiger partial charge in [0.2, 0.25) is 0 Å². The lowest BCUT2D eigenvalue weighted by atomic mass is 9.95. The molecule has 2 heterocycles. The van der Waals surface area contributed by atoms with Crippen LogP contribution in [0.15, 0.2) is 6.07 Å². The molecule has 2 atom stereocenters. The molecule has 2 aliphatic rings. The number of rotatable bonds is 2. The molecule has 0 bridgehead atoms. The van der Waals surface area contributed by atoms with Crippen LogP contribution in [-0.2, 0) is 4.79 Å². The van der Waals surface area contributed by atoms with Crippen LogP contribution in [0, 0.1) is 12.8 Å². The fourth-order valence-electron chi connectivity index (χ4n) is 2.84. The average Bonchev–Trinajstić information content (AvgIpc) is 2.90. The van der Waals surface area contributed by atoms with Gasteiger partial charge in [0.1, 0.15) is 13.2 Å². The van der Waals surface area contributed by atoms with Gasteiger partial charge < -0.3 is 19.9 Å². The largest absolute Gasteiger partial charge is 0.486 e. The first-order valence-corrected chi connectivity index (χ1v) is 7.00. The van der Waals surface area contributed by atoms with Crippen molar-refractivity contribution in [2.45, 2.75) is 19.4 Å². The second-order valence-corrected chi connectivity index (χ2v) is 5.56. The summed E-state index contributed by atoms with van der Waals surface area (Å²) in [5, 5.41) is 13.0. The minimum absolute atomic E-state index is 0.0646. The van der Waals surface area contributed by atoms with E-state index in [4.69, 9.17) is 26.2 Å². The maximum Gasteiger partial charge on any atom is 0.307 e. The molecule has 0 aromatic heterocycles. The predicted molar refractivity (Wildman–Crippen MR) is 73.7 cm³/mol. The Bertz CT molecular complexity index is 561. The molecule has 2 aliphatic heterocycles. The van der Waals surface area contributed by atoms with E-state index in [9.17, 15) is 4.79 Å². The standard InChI is InChI=1S/C14H16ClNO4/c1-7-9(15)5-11-13(20-3-2-19-11)12(7)10-4-8(6-16-10)14(17)18/h5,8,10,16H,2-4,6H2,1H3,(H,17,18). The van der Waals surface area contributed by atoms with Crippen LogP contribution in [0.5, 0.6) is 11.5 Å². The summed E-state index contributed by atoms with van der Waals surface area (Å²) in [4.78, 5) is 11.1. The molecular weight excluding hydrogens is 282 g/mol. The highest BCUT2D eigenvalue weighted by Crippen LogP contribution is 2.45. The van der Waals surface area contributed by atoms with E-state index in [1.165, 1.54) is 0 Å². The molecule has 6 heteroatoms. The Hall–Kier alpha value is -1.46. The molecular formula is C14H16ClNO4. The molecule has 2 unspecified atom stereocenters. The maximum atomic E-state index is 11.1. The summed E-state index contributed by atoms with van der Waals surface area (Å²) in [5.41, 5.74) is 1.84. The fraction of sp³-hybridized carbons (Fsp3) is 0.500. The Kier molecular flexibility index (Phi) is 3.48. The van der Waals surface area contributed by atoms with E-state index in [0.29, 0.717) is 42.7 Å². The molecule has 2 N–H and O–H groups in total. The van der Waals surface area contributed by atoms with Gasteiger partial charge in [0.25, 0.3) is 0 Å². The number of hydrogen-bond donors (Lipinski definition) is 2. The number of halogens is 1. The maximum absolute atomic E-state index is 11.1. The lowest BCUT2D eigenvalue weighted by molar-refractivity contribution is -0.141. The Morgan fingerprint density at radius 3 is 2.90 bits per heavy atom. The van der Waals surface area contributed by atoms with E-state index < -0.39 is 5.97 Å². The SMILES string of the molecule is Cc1c(Cl)cc2c(c1C1CC(C(=O)O)CN1)OCCO2. The average molecular weight is 298 g/mol. The number of aliphatic carboxylic acids is 1. The number of benzene rings is 1. The fourth-order valence-corrected chi connectivity index (χ4v) is 3.04. The second kappa shape index (κ2) is 5.14. The molecule has 0 amide bonds. The molecule has 5 nitrogen and oxygen atoms in total. The third kappa shape index (κ3) is 2.21. The van der Waals surface area contributed by atoms with Crippen LogP contribution in [-0.4, -0.2) is 30.8 Å². The quantitative estimate of drug-likeness (QED) is 0.875. The van der Waals surface area contributed by atoms with Crippen molar-refractivity contribution in [2.75, 3.05) is 19.8 Å². The topological polar surface area (TPSA) is 67.8 Å². The molecule has 1 saturated heterocycles. The number of nitrogens with one attached hydrogen (secondary N) is 1. The van der Waals surface area contributed by atoms with Crippen LogP contribution in [0.4, 0.5) is 0 Å². The van der Waals surface area contributed by atoms with Gasteiger partial charge in [-0.15, -0.1) is 0 Å². The predicted octanol–water partition coefficient (Wildman–Crippen LogP) is 2.15. The first-order chi connectivity index (χ1) is 9.58. The highest BCUT2D eigenvalue weighted by molar-refractivity contribution is 6.31. The number of hydrogen-bond acceptors (Lipinski definition) is 4. The first kappa shape index (κ1) is 13.5. The van der Waals surface area contributed by atoms with Gasteiger partial charge in [-0.05, 0) is 18.9 Å². The van der Waals surface area contributed by atoms with Gasteiger partial charge in [-0.2, -0.15) is 0 Å². The van der Waals surface area contributed by atoms with Crippen molar-refractivity contribution in [1.29, 1.82) is 0 Å². The third-order valence-corrected chi connectivity index (χ3v) is 4.30. The van der Waals surface area contributed by atoms with Crippen LogP contribution in [0.3, 0.4) is 0 Å². The monoisotopic (exact) mass is 297 g/mol. The number of carboxylic acids is 1. The normalized spacial score (nSPS) is 24.7. The zero-order valence-electron chi connectivity index (χ0n) is 11.1. The van der Waals surface area contributed by atoms with Gasteiger partial charge in [0.15, 0.2) is 11.5 Å². The van der Waals surface area contributed by atoms with E-state index >= 15 is 0 Å². The summed E-state index contributed by atoms with van der Waals surface area (Å²) >= 11 is 6.25. The zero-order chi connectivity index (χ0) is 14.3. The van der Waals surface area contributed by atoms with Crippen LogP contribution < -0.4 is 14.8 Å². The molecule has 0 saturated carbocycles. The molecule has 108 valence electrons. The van der Waals surface area contributed by atoms with Gasteiger partial charge in [-0.1, -0.05) is 11.6 Å². The van der Waals surface area contributed by atoms with E-state index in [0.717, 1.165) is 11.1 Å². The van der Waals surface area contributed by atoms with Gasteiger partial charge in [0, 0.05) is 29.2 Å². The number of carboxylic acid groups (broad SMARTS) is 1.